The molecule has 0 fully saturated rings. The monoisotopic (exact) mass is 445 g/mol. The molecule has 0 aliphatic heterocycles. The predicted octanol–water partition coefficient (Wildman–Crippen LogP) is 3.91. The van der Waals surface area contributed by atoms with Crippen molar-refractivity contribution in [3.05, 3.63) is 60.2 Å². The average molecular weight is 445 g/mol. The molecule has 12 heteroatoms. The minimum Gasteiger partial charge on any atom is -0.461 e. The Labute approximate surface area is 176 Å². The number of amides is 2. The van der Waals surface area contributed by atoms with Crippen LogP contribution in [0.25, 0.3) is 11.5 Å². The number of nitrogens with zero attached hydrogens (tertiary/aromatic N) is 3. The molecule has 0 bridgehead atoms. The van der Waals surface area contributed by atoms with Gasteiger partial charge in [-0.15, -0.1) is 10.2 Å². The number of aromatic nitrogens is 3. The highest BCUT2D eigenvalue weighted by Gasteiger charge is 2.17. The molecule has 30 heavy (non-hydrogen) atoms. The zero-order valence-electron chi connectivity index (χ0n) is 15.0. The molecule has 0 spiro atoms. The first-order valence-electron chi connectivity index (χ1n) is 8.40. The Kier molecular flexibility index (Phi) is 5.86. The van der Waals surface area contributed by atoms with Crippen LogP contribution in [0.5, 0.6) is 0 Å². The second-order valence-electron chi connectivity index (χ2n) is 5.73. The van der Waals surface area contributed by atoms with E-state index in [1.807, 2.05) is 0 Å². The maximum Gasteiger partial charge on any atom is 0.279 e. The maximum absolute atomic E-state index is 13.1. The second kappa shape index (κ2) is 8.88. The Bertz CT molecular complexity index is 1170. The van der Waals surface area contributed by atoms with Crippen molar-refractivity contribution in [2.24, 2.45) is 0 Å². The van der Waals surface area contributed by atoms with Gasteiger partial charge in [0.1, 0.15) is 5.82 Å². The summed E-state index contributed by atoms with van der Waals surface area (Å²) in [5.41, 5.74) is 0.424. The Balaban J connectivity index is 1.29. The van der Waals surface area contributed by atoms with Crippen LogP contribution < -0.4 is 10.6 Å². The molecule has 9 nitrogen and oxygen atoms in total. The topological polar surface area (TPSA) is 123 Å². The Morgan fingerprint density at radius 1 is 1.10 bits per heavy atom. The number of nitrogens with one attached hydrogen (secondary N) is 2. The fourth-order valence-electron chi connectivity index (χ4n) is 2.29. The molecule has 2 N–H and O–H groups in total. The van der Waals surface area contributed by atoms with Gasteiger partial charge in [-0.25, -0.2) is 4.39 Å². The summed E-state index contributed by atoms with van der Waals surface area (Å²) in [6.07, 6.45) is 1.48. The Hall–Kier alpha value is -3.51. The standard InChI is InChI=1S/C18H12FN5O4S2/c19-10-3-1-4-11(7-10)20-15(25)9-29-18-23-22-17(30-18)21-16(26)12-8-14(28-24-12)13-5-2-6-27-13/h1-8H,9H2,(H,20,25)(H,21,22,26). The van der Waals surface area contributed by atoms with E-state index in [2.05, 4.69) is 26.0 Å². The third-order valence-corrected chi connectivity index (χ3v) is 5.54. The van der Waals surface area contributed by atoms with Crippen molar-refractivity contribution >= 4 is 45.7 Å². The number of hydrogen-bond donors (Lipinski definition) is 2. The average Bonchev–Trinajstić information content (AvgIpc) is 3.47. The number of carbonyl (C=O) groups is 2. The van der Waals surface area contributed by atoms with Gasteiger partial charge >= 0.3 is 0 Å². The van der Waals surface area contributed by atoms with Crippen LogP contribution in [0, 0.1) is 5.82 Å². The van der Waals surface area contributed by atoms with Crippen molar-refractivity contribution in [2.75, 3.05) is 16.4 Å². The van der Waals surface area contributed by atoms with E-state index in [1.54, 1.807) is 18.2 Å². The largest absolute Gasteiger partial charge is 0.461 e. The molecule has 152 valence electrons. The second-order valence-corrected chi connectivity index (χ2v) is 7.93. The first-order chi connectivity index (χ1) is 14.6. The minimum atomic E-state index is -0.520. The number of halogens is 1. The third-order valence-electron chi connectivity index (χ3n) is 3.57. The first kappa shape index (κ1) is 19.8. The van der Waals surface area contributed by atoms with Gasteiger partial charge in [0.15, 0.2) is 15.8 Å². The molecular formula is C18H12FN5O4S2. The zero-order chi connectivity index (χ0) is 20.9. The molecule has 0 radical (unpaired) electrons. The number of thioether (sulfide) groups is 1. The van der Waals surface area contributed by atoms with E-state index in [0.29, 0.717) is 21.5 Å². The fraction of sp³-hybridized carbons (Fsp3) is 0.0556. The van der Waals surface area contributed by atoms with Crippen LogP contribution in [0.4, 0.5) is 15.2 Å². The van der Waals surface area contributed by atoms with Gasteiger partial charge in [0.25, 0.3) is 5.91 Å². The van der Waals surface area contributed by atoms with E-state index in [0.717, 1.165) is 23.1 Å². The lowest BCUT2D eigenvalue weighted by Gasteiger charge is -2.03. The van der Waals surface area contributed by atoms with Crippen molar-refractivity contribution in [3.8, 4) is 11.5 Å². The van der Waals surface area contributed by atoms with Crippen LogP contribution in [0.3, 0.4) is 0 Å². The highest BCUT2D eigenvalue weighted by molar-refractivity contribution is 8.01. The molecule has 3 aromatic heterocycles. The van der Waals surface area contributed by atoms with Gasteiger partial charge in [-0.2, -0.15) is 0 Å². The lowest BCUT2D eigenvalue weighted by atomic mass is 10.3. The smallest absolute Gasteiger partial charge is 0.279 e. The number of hydrogen-bond acceptors (Lipinski definition) is 9. The lowest BCUT2D eigenvalue weighted by Crippen LogP contribution is -2.13. The van der Waals surface area contributed by atoms with E-state index in [1.165, 1.54) is 30.5 Å². The molecule has 0 saturated carbocycles. The normalized spacial score (nSPS) is 10.7. The van der Waals surface area contributed by atoms with Gasteiger partial charge in [-0.05, 0) is 30.3 Å². The molecule has 3 heterocycles. The Morgan fingerprint density at radius 3 is 2.80 bits per heavy atom. The van der Waals surface area contributed by atoms with Crippen molar-refractivity contribution in [1.82, 2.24) is 15.4 Å². The van der Waals surface area contributed by atoms with Crippen LogP contribution in [0.1, 0.15) is 10.5 Å². The van der Waals surface area contributed by atoms with Gasteiger partial charge in [0.05, 0.1) is 12.0 Å². The number of anilines is 2. The summed E-state index contributed by atoms with van der Waals surface area (Å²) in [5, 5.41) is 16.9. The van der Waals surface area contributed by atoms with Gasteiger partial charge in [-0.3, -0.25) is 14.9 Å². The van der Waals surface area contributed by atoms with E-state index in [4.69, 9.17) is 8.94 Å². The van der Waals surface area contributed by atoms with E-state index in [-0.39, 0.29) is 22.5 Å². The van der Waals surface area contributed by atoms with Crippen molar-refractivity contribution < 1.29 is 22.9 Å². The fourth-order valence-corrected chi connectivity index (χ4v) is 3.83. The van der Waals surface area contributed by atoms with Gasteiger partial charge in [0.2, 0.25) is 16.8 Å². The van der Waals surface area contributed by atoms with Crippen LogP contribution in [-0.4, -0.2) is 32.9 Å². The van der Waals surface area contributed by atoms with Crippen LogP contribution >= 0.6 is 23.1 Å². The third kappa shape index (κ3) is 4.90. The van der Waals surface area contributed by atoms with Crippen LogP contribution in [0.15, 0.2) is 62.0 Å². The molecule has 0 aliphatic rings. The summed E-state index contributed by atoms with van der Waals surface area (Å²) in [7, 11) is 0. The van der Waals surface area contributed by atoms with Gasteiger partial charge in [-0.1, -0.05) is 34.3 Å². The number of carbonyl (C=O) groups excluding carboxylic acids is 2. The molecule has 0 saturated heterocycles. The lowest BCUT2D eigenvalue weighted by molar-refractivity contribution is -0.113. The molecule has 0 unspecified atom stereocenters. The highest BCUT2D eigenvalue weighted by atomic mass is 32.2. The number of benzene rings is 1. The highest BCUT2D eigenvalue weighted by Crippen LogP contribution is 2.26. The Morgan fingerprint density at radius 2 is 2.00 bits per heavy atom. The molecule has 0 aliphatic carbocycles. The SMILES string of the molecule is O=C(CSc1nnc(NC(=O)c2cc(-c3ccco3)on2)s1)Nc1cccc(F)c1. The number of rotatable bonds is 7. The van der Waals surface area contributed by atoms with Crippen molar-refractivity contribution in [3.63, 3.8) is 0 Å². The summed E-state index contributed by atoms with van der Waals surface area (Å²) in [6.45, 7) is 0. The molecule has 2 amide bonds. The number of furan rings is 1. The first-order valence-corrected chi connectivity index (χ1v) is 10.2. The summed E-state index contributed by atoms with van der Waals surface area (Å²) in [6, 6.07) is 10.4. The van der Waals surface area contributed by atoms with Crippen molar-refractivity contribution in [1.29, 1.82) is 0 Å². The summed E-state index contributed by atoms with van der Waals surface area (Å²) in [4.78, 5) is 24.2. The van der Waals surface area contributed by atoms with Gasteiger partial charge in [0, 0.05) is 11.8 Å². The van der Waals surface area contributed by atoms with Crippen LogP contribution in [-0.2, 0) is 4.79 Å². The quantitative estimate of drug-likeness (QED) is 0.324. The maximum atomic E-state index is 13.1. The summed E-state index contributed by atoms with van der Waals surface area (Å²) >= 11 is 2.24. The van der Waals surface area contributed by atoms with E-state index < -0.39 is 11.7 Å². The minimum absolute atomic E-state index is 0.0505. The summed E-state index contributed by atoms with van der Waals surface area (Å²) < 4.78 is 23.9. The van der Waals surface area contributed by atoms with E-state index >= 15 is 0 Å². The molecular weight excluding hydrogens is 433 g/mol. The molecule has 1 aromatic carbocycles. The zero-order valence-corrected chi connectivity index (χ0v) is 16.6. The molecule has 4 aromatic rings. The predicted molar refractivity (Wildman–Crippen MR) is 108 cm³/mol. The van der Waals surface area contributed by atoms with Crippen molar-refractivity contribution in [2.45, 2.75) is 4.34 Å². The van der Waals surface area contributed by atoms with E-state index in [9.17, 15) is 14.0 Å². The molecule has 4 rings (SSSR count). The summed E-state index contributed by atoms with van der Waals surface area (Å²) in [5.74, 6) is -0.453. The van der Waals surface area contributed by atoms with Gasteiger partial charge < -0.3 is 14.3 Å². The molecule has 0 atom stereocenters. The van der Waals surface area contributed by atoms with Crippen LogP contribution in [0.2, 0.25) is 0 Å².